The first-order chi connectivity index (χ1) is 12.7. The molecule has 1 saturated heterocycles. The van der Waals surface area contributed by atoms with Crippen LogP contribution >= 0.6 is 0 Å². The average Bonchev–Trinajstić information content (AvgIpc) is 3.09. The number of hydrogen-bond acceptors (Lipinski definition) is 4. The van der Waals surface area contributed by atoms with Gasteiger partial charge in [-0.1, -0.05) is 18.9 Å². The fraction of sp³-hybridized carbons (Fsp3) is 0.600. The van der Waals surface area contributed by atoms with Crippen molar-refractivity contribution in [1.29, 1.82) is 0 Å². The number of aromatic amines is 1. The van der Waals surface area contributed by atoms with Crippen LogP contribution in [0.25, 0.3) is 0 Å². The summed E-state index contributed by atoms with van der Waals surface area (Å²) >= 11 is 0. The Hall–Kier alpha value is -2.24. The number of H-pyrrole nitrogens is 1. The van der Waals surface area contributed by atoms with Crippen LogP contribution in [0.3, 0.4) is 0 Å². The van der Waals surface area contributed by atoms with E-state index in [9.17, 15) is 4.79 Å². The molecule has 3 fully saturated rings. The van der Waals surface area contributed by atoms with Crippen LogP contribution in [0.2, 0.25) is 0 Å². The van der Waals surface area contributed by atoms with Gasteiger partial charge in [-0.25, -0.2) is 4.98 Å². The second-order valence-electron chi connectivity index (χ2n) is 8.29. The van der Waals surface area contributed by atoms with Gasteiger partial charge in [0.1, 0.15) is 5.82 Å². The highest BCUT2D eigenvalue weighted by atomic mass is 16.2. The first kappa shape index (κ1) is 16.0. The van der Waals surface area contributed by atoms with Gasteiger partial charge in [-0.3, -0.25) is 14.9 Å². The van der Waals surface area contributed by atoms with E-state index in [1.54, 1.807) is 12.4 Å². The van der Waals surface area contributed by atoms with Crippen LogP contribution in [0.5, 0.6) is 0 Å². The molecule has 0 aromatic carbocycles. The molecule has 6 heteroatoms. The predicted octanol–water partition coefficient (Wildman–Crippen LogP) is 2.81. The van der Waals surface area contributed by atoms with Crippen LogP contribution in [0.1, 0.15) is 67.6 Å². The third-order valence-corrected chi connectivity index (χ3v) is 6.47. The Balaban J connectivity index is 1.37. The minimum Gasteiger partial charge on any atom is -0.341 e. The van der Waals surface area contributed by atoms with Crippen molar-refractivity contribution in [2.24, 2.45) is 5.41 Å². The molecular formula is C20H25N5O. The van der Waals surface area contributed by atoms with Crippen LogP contribution in [0, 0.1) is 5.41 Å². The Morgan fingerprint density at radius 2 is 2.15 bits per heavy atom. The van der Waals surface area contributed by atoms with E-state index < -0.39 is 0 Å². The van der Waals surface area contributed by atoms with E-state index in [1.807, 2.05) is 12.1 Å². The summed E-state index contributed by atoms with van der Waals surface area (Å²) in [6.45, 7) is 1.62. The third-order valence-electron chi connectivity index (χ3n) is 6.47. The minimum atomic E-state index is 0.185. The molecule has 0 radical (unpaired) electrons. The van der Waals surface area contributed by atoms with E-state index >= 15 is 0 Å². The number of aromatic nitrogens is 4. The van der Waals surface area contributed by atoms with E-state index in [4.69, 9.17) is 4.98 Å². The van der Waals surface area contributed by atoms with Crippen molar-refractivity contribution >= 4 is 5.91 Å². The highest BCUT2D eigenvalue weighted by Gasteiger charge is 2.51. The lowest BCUT2D eigenvalue weighted by molar-refractivity contribution is -0.129. The molecule has 2 aliphatic carbocycles. The molecule has 1 N–H and O–H groups in total. The molecule has 0 bridgehead atoms. The summed E-state index contributed by atoms with van der Waals surface area (Å²) in [5, 5.41) is 7.69. The van der Waals surface area contributed by atoms with Crippen molar-refractivity contribution < 1.29 is 4.79 Å². The number of pyridine rings is 1. The molecule has 3 heterocycles. The molecule has 5 rings (SSSR count). The Bertz CT molecular complexity index is 792. The van der Waals surface area contributed by atoms with Crippen LogP contribution in [0.4, 0.5) is 0 Å². The van der Waals surface area contributed by atoms with E-state index in [1.165, 1.54) is 38.5 Å². The van der Waals surface area contributed by atoms with E-state index in [-0.39, 0.29) is 11.3 Å². The maximum atomic E-state index is 12.9. The second-order valence-corrected chi connectivity index (χ2v) is 8.29. The molecule has 26 heavy (non-hydrogen) atoms. The summed E-state index contributed by atoms with van der Waals surface area (Å²) in [5.41, 5.74) is 1.17. The number of likely N-dealkylation sites (tertiary alicyclic amines) is 1. The zero-order chi connectivity index (χ0) is 17.6. The molecule has 1 unspecified atom stereocenters. The van der Waals surface area contributed by atoms with Crippen LogP contribution in [-0.4, -0.2) is 44.1 Å². The van der Waals surface area contributed by atoms with E-state index in [2.05, 4.69) is 20.1 Å². The number of hydrogen-bond donors (Lipinski definition) is 1. The summed E-state index contributed by atoms with van der Waals surface area (Å²) in [6.07, 6.45) is 11.3. The van der Waals surface area contributed by atoms with Gasteiger partial charge in [0.25, 0.3) is 0 Å². The van der Waals surface area contributed by atoms with Crippen molar-refractivity contribution in [3.8, 4) is 0 Å². The van der Waals surface area contributed by atoms with Crippen molar-refractivity contribution in [2.45, 2.75) is 56.8 Å². The van der Waals surface area contributed by atoms with Crippen molar-refractivity contribution in [2.75, 3.05) is 13.1 Å². The topological polar surface area (TPSA) is 74.8 Å². The highest BCUT2D eigenvalue weighted by Crippen LogP contribution is 2.53. The standard InChI is InChI=1S/C20H25N5O/c26-17(10-14-4-3-9-21-11-14)25-12-16(20(13-25)7-1-2-8-20)19-22-18(23-24-19)15-5-6-15/h3-4,9,11,15-16H,1-2,5-8,10,12-13H2,(H,22,23,24). The summed E-state index contributed by atoms with van der Waals surface area (Å²) in [7, 11) is 0. The Labute approximate surface area is 153 Å². The molecule has 2 aromatic rings. The molecule has 6 nitrogen and oxygen atoms in total. The summed E-state index contributed by atoms with van der Waals surface area (Å²) in [6, 6.07) is 3.87. The van der Waals surface area contributed by atoms with Crippen molar-refractivity contribution in [3.63, 3.8) is 0 Å². The number of carbonyl (C=O) groups excluding carboxylic acids is 1. The molecule has 1 amide bonds. The Morgan fingerprint density at radius 1 is 1.31 bits per heavy atom. The van der Waals surface area contributed by atoms with E-state index in [0.717, 1.165) is 30.3 Å². The van der Waals surface area contributed by atoms with Gasteiger partial charge in [-0.2, -0.15) is 5.10 Å². The highest BCUT2D eigenvalue weighted by molar-refractivity contribution is 5.79. The minimum absolute atomic E-state index is 0.185. The molecule has 1 aliphatic heterocycles. The fourth-order valence-corrected chi connectivity index (χ4v) is 4.88. The monoisotopic (exact) mass is 351 g/mol. The smallest absolute Gasteiger partial charge is 0.227 e. The largest absolute Gasteiger partial charge is 0.341 e. The predicted molar refractivity (Wildman–Crippen MR) is 96.5 cm³/mol. The Kier molecular flexibility index (Phi) is 3.80. The zero-order valence-electron chi connectivity index (χ0n) is 15.0. The first-order valence-corrected chi connectivity index (χ1v) is 9.82. The summed E-state index contributed by atoms with van der Waals surface area (Å²) in [5.74, 6) is 3.04. The van der Waals surface area contributed by atoms with Crippen molar-refractivity contribution in [3.05, 3.63) is 41.7 Å². The van der Waals surface area contributed by atoms with Crippen LogP contribution in [-0.2, 0) is 11.2 Å². The fourth-order valence-electron chi connectivity index (χ4n) is 4.88. The van der Waals surface area contributed by atoms with Gasteiger partial charge in [0.15, 0.2) is 5.82 Å². The molecule has 136 valence electrons. The molecule has 1 atom stereocenters. The maximum Gasteiger partial charge on any atom is 0.227 e. The number of nitrogens with one attached hydrogen (secondary N) is 1. The third kappa shape index (κ3) is 2.81. The van der Waals surface area contributed by atoms with Gasteiger partial charge in [-0.05, 0) is 42.7 Å². The normalized spacial score (nSPS) is 24.5. The number of carbonyl (C=O) groups is 1. The molecule has 3 aliphatic rings. The SMILES string of the molecule is O=C(Cc1cccnc1)N1CC(c2nc(C3CC3)n[nH]2)C2(CCCC2)C1. The molecule has 1 spiro atoms. The summed E-state index contributed by atoms with van der Waals surface area (Å²) in [4.78, 5) is 23.9. The number of nitrogens with zero attached hydrogens (tertiary/aromatic N) is 4. The zero-order valence-corrected chi connectivity index (χ0v) is 15.0. The van der Waals surface area contributed by atoms with Gasteiger partial charge >= 0.3 is 0 Å². The lowest BCUT2D eigenvalue weighted by Crippen LogP contribution is -2.32. The molecule has 2 aromatic heterocycles. The van der Waals surface area contributed by atoms with Crippen LogP contribution < -0.4 is 0 Å². The second kappa shape index (κ2) is 6.18. The van der Waals surface area contributed by atoms with Gasteiger partial charge in [0.2, 0.25) is 5.91 Å². The van der Waals surface area contributed by atoms with Gasteiger partial charge in [0, 0.05) is 37.3 Å². The van der Waals surface area contributed by atoms with Gasteiger partial charge in [-0.15, -0.1) is 0 Å². The van der Waals surface area contributed by atoms with Crippen molar-refractivity contribution in [1.82, 2.24) is 25.1 Å². The summed E-state index contributed by atoms with van der Waals surface area (Å²) < 4.78 is 0. The molecular weight excluding hydrogens is 326 g/mol. The maximum absolute atomic E-state index is 12.9. The van der Waals surface area contributed by atoms with Gasteiger partial charge < -0.3 is 4.90 Å². The van der Waals surface area contributed by atoms with E-state index in [0.29, 0.717) is 18.3 Å². The lowest BCUT2D eigenvalue weighted by atomic mass is 9.76. The van der Waals surface area contributed by atoms with Crippen LogP contribution in [0.15, 0.2) is 24.5 Å². The average molecular weight is 351 g/mol. The first-order valence-electron chi connectivity index (χ1n) is 9.82. The Morgan fingerprint density at radius 3 is 2.88 bits per heavy atom. The lowest BCUT2D eigenvalue weighted by Gasteiger charge is -2.28. The number of amides is 1. The number of rotatable bonds is 4. The van der Waals surface area contributed by atoms with Gasteiger partial charge in [0.05, 0.1) is 6.42 Å². The molecule has 2 saturated carbocycles. The quantitative estimate of drug-likeness (QED) is 0.919.